The van der Waals surface area contributed by atoms with Crippen molar-refractivity contribution in [3.05, 3.63) is 10.4 Å². The zero-order valence-corrected chi connectivity index (χ0v) is 14.9. The van der Waals surface area contributed by atoms with Crippen molar-refractivity contribution < 1.29 is 39.0 Å². The van der Waals surface area contributed by atoms with Gasteiger partial charge in [-0.2, -0.15) is 21.8 Å². The van der Waals surface area contributed by atoms with Crippen molar-refractivity contribution in [3.63, 3.8) is 0 Å². The third-order valence-electron chi connectivity index (χ3n) is 3.67. The van der Waals surface area contributed by atoms with E-state index < -0.39 is 51.4 Å². The molecule has 2 aromatic heterocycles. The summed E-state index contributed by atoms with van der Waals surface area (Å²) >= 11 is 0. The molecule has 17 heteroatoms. The van der Waals surface area contributed by atoms with E-state index in [2.05, 4.69) is 23.4 Å². The van der Waals surface area contributed by atoms with Crippen LogP contribution in [0.2, 0.25) is 0 Å². The van der Waals surface area contributed by atoms with E-state index in [1.807, 2.05) is 0 Å². The van der Waals surface area contributed by atoms with Gasteiger partial charge in [-0.25, -0.2) is 13.0 Å². The fraction of sp³-hybridized carbons (Fsp3) is 0.600. The molecule has 0 spiro atoms. The zero-order valence-electron chi connectivity index (χ0n) is 13.3. The molecule has 0 saturated carbocycles. The Bertz CT molecular complexity index is 1100. The predicted octanol–water partition coefficient (Wildman–Crippen LogP) is -1.68. The van der Waals surface area contributed by atoms with Crippen LogP contribution in [0, 0.1) is 0 Å². The lowest BCUT2D eigenvalue weighted by atomic mass is 10.0. The van der Waals surface area contributed by atoms with E-state index in [1.54, 1.807) is 0 Å². The van der Waals surface area contributed by atoms with E-state index in [1.165, 1.54) is 4.68 Å². The van der Waals surface area contributed by atoms with Crippen molar-refractivity contribution in [1.29, 1.82) is 0 Å². The molecule has 3 atom stereocenters. The number of H-pyrrole nitrogens is 2. The van der Waals surface area contributed by atoms with Crippen LogP contribution >= 0.6 is 0 Å². The van der Waals surface area contributed by atoms with Crippen LogP contribution in [0.1, 0.15) is 19.1 Å². The largest absolute Gasteiger partial charge is 0.397 e. The van der Waals surface area contributed by atoms with Crippen molar-refractivity contribution in [2.75, 3.05) is 12.3 Å². The van der Waals surface area contributed by atoms with E-state index in [0.29, 0.717) is 0 Å². The molecule has 0 radical (unpaired) electrons. The molecule has 27 heavy (non-hydrogen) atoms. The number of rotatable bonds is 6. The second-order valence-corrected chi connectivity index (χ2v) is 7.81. The van der Waals surface area contributed by atoms with Crippen LogP contribution in [0.25, 0.3) is 11.2 Å². The minimum Gasteiger partial charge on any atom is -0.369 e. The second-order valence-electron chi connectivity index (χ2n) is 5.67. The number of hydrogen-bond acceptors (Lipinski definition) is 10. The molecule has 0 aliphatic carbocycles. The van der Waals surface area contributed by atoms with Gasteiger partial charge in [0.05, 0.1) is 18.8 Å². The Balaban J connectivity index is 1.86. The van der Waals surface area contributed by atoms with E-state index in [9.17, 15) is 21.6 Å². The topological polar surface area (TPSA) is 229 Å². The lowest BCUT2D eigenvalue weighted by molar-refractivity contribution is -0.138. The van der Waals surface area contributed by atoms with Gasteiger partial charge >= 0.3 is 20.8 Å². The van der Waals surface area contributed by atoms with Crippen LogP contribution in [-0.2, 0) is 33.9 Å². The number of hydrogen-bond donors (Lipinski definition) is 5. The quantitative estimate of drug-likeness (QED) is 0.324. The summed E-state index contributed by atoms with van der Waals surface area (Å²) in [6.07, 6.45) is -3.41. The summed E-state index contributed by atoms with van der Waals surface area (Å²) < 4.78 is 76.6. The van der Waals surface area contributed by atoms with E-state index in [-0.39, 0.29) is 30.0 Å². The van der Waals surface area contributed by atoms with Gasteiger partial charge in [-0.05, 0) is 0 Å². The molecule has 152 valence electrons. The lowest BCUT2D eigenvalue weighted by Crippen LogP contribution is -2.40. The summed E-state index contributed by atoms with van der Waals surface area (Å²) in [6.45, 7) is -0.647. The summed E-state index contributed by atoms with van der Waals surface area (Å²) in [5, 5.41) is 2.64. The standard InChI is InChI=1S/C10H15N5O10S2/c11-10-12-8-7(9(16)13-10)14-15(8)6-2-4(25-27(20,21)22)1-5(24-6)3-23-26(17,18)19/h4-6,14H,1-3H2,(H,17,18,19)(H,20,21,22)(H3,11,12,13,16)/t4-,5?,6?/m0/s1. The highest BCUT2D eigenvalue weighted by Crippen LogP contribution is 2.32. The van der Waals surface area contributed by atoms with Crippen LogP contribution in [0.3, 0.4) is 0 Å². The fourth-order valence-corrected chi connectivity index (χ4v) is 3.54. The van der Waals surface area contributed by atoms with Crippen molar-refractivity contribution in [3.8, 4) is 0 Å². The Kier molecular flexibility index (Phi) is 5.01. The Hall–Kier alpha value is -2.02. The molecule has 0 bridgehead atoms. The van der Waals surface area contributed by atoms with Crippen LogP contribution in [0.15, 0.2) is 4.79 Å². The van der Waals surface area contributed by atoms with Crippen molar-refractivity contribution >= 4 is 37.9 Å². The third kappa shape index (κ3) is 4.83. The maximum atomic E-state index is 11.7. The molecule has 0 aromatic carbocycles. The van der Waals surface area contributed by atoms with Gasteiger partial charge in [-0.3, -0.25) is 24.0 Å². The maximum absolute atomic E-state index is 11.7. The van der Waals surface area contributed by atoms with E-state index in [0.717, 1.165) is 0 Å². The Morgan fingerprint density at radius 1 is 1.26 bits per heavy atom. The van der Waals surface area contributed by atoms with Gasteiger partial charge in [0.1, 0.15) is 0 Å². The summed E-state index contributed by atoms with van der Waals surface area (Å²) in [5.74, 6) is -0.168. The Morgan fingerprint density at radius 2 is 1.96 bits per heavy atom. The fourth-order valence-electron chi connectivity index (χ4n) is 2.72. The van der Waals surface area contributed by atoms with Crippen LogP contribution < -0.4 is 11.3 Å². The highest BCUT2D eigenvalue weighted by Gasteiger charge is 2.36. The normalized spacial score (nSPS) is 24.4. The molecular weight excluding hydrogens is 414 g/mol. The monoisotopic (exact) mass is 429 g/mol. The highest BCUT2D eigenvalue weighted by atomic mass is 32.3. The maximum Gasteiger partial charge on any atom is 0.397 e. The number of nitrogen functional groups attached to an aromatic ring is 1. The summed E-state index contributed by atoms with van der Waals surface area (Å²) in [6, 6.07) is 0. The van der Waals surface area contributed by atoms with Crippen molar-refractivity contribution in [2.24, 2.45) is 0 Å². The van der Waals surface area contributed by atoms with Gasteiger partial charge in [0.25, 0.3) is 5.56 Å². The minimum absolute atomic E-state index is 0.0938. The molecule has 15 nitrogen and oxygen atoms in total. The van der Waals surface area contributed by atoms with Gasteiger partial charge in [-0.1, -0.05) is 0 Å². The predicted molar refractivity (Wildman–Crippen MR) is 86.2 cm³/mol. The number of nitrogens with zero attached hydrogens (tertiary/aromatic N) is 2. The Labute approximate surface area is 151 Å². The first kappa shape index (κ1) is 19.7. The van der Waals surface area contributed by atoms with Gasteiger partial charge in [0.2, 0.25) is 5.95 Å². The second kappa shape index (κ2) is 6.86. The van der Waals surface area contributed by atoms with Crippen LogP contribution in [0.4, 0.5) is 5.95 Å². The lowest BCUT2D eigenvalue weighted by Gasteiger charge is -2.36. The number of aromatic nitrogens is 4. The Morgan fingerprint density at radius 3 is 2.59 bits per heavy atom. The molecule has 1 fully saturated rings. The average molecular weight is 429 g/mol. The van der Waals surface area contributed by atoms with Gasteiger partial charge in [-0.15, -0.1) is 0 Å². The van der Waals surface area contributed by atoms with Gasteiger partial charge < -0.3 is 10.5 Å². The number of anilines is 1. The molecule has 3 heterocycles. The molecule has 0 amide bonds. The number of nitrogens with two attached hydrogens (primary N) is 1. The zero-order chi connectivity index (χ0) is 20.0. The molecule has 6 N–H and O–H groups in total. The molecule has 1 saturated heterocycles. The number of ether oxygens (including phenoxy) is 1. The van der Waals surface area contributed by atoms with Crippen molar-refractivity contribution in [2.45, 2.75) is 31.3 Å². The van der Waals surface area contributed by atoms with E-state index in [4.69, 9.17) is 19.6 Å². The first-order valence-electron chi connectivity index (χ1n) is 7.30. The molecule has 2 aromatic rings. The molecule has 3 rings (SSSR count). The first-order valence-corrected chi connectivity index (χ1v) is 10.0. The first-order chi connectivity index (χ1) is 12.4. The number of aromatic amines is 2. The van der Waals surface area contributed by atoms with Gasteiger partial charge in [0, 0.05) is 12.8 Å². The molecule has 2 unspecified atom stereocenters. The summed E-state index contributed by atoms with van der Waals surface area (Å²) in [5.41, 5.74) is 5.14. The summed E-state index contributed by atoms with van der Waals surface area (Å²) in [7, 11) is -9.55. The molecular formula is C10H15N5O10S2. The molecule has 1 aliphatic heterocycles. The SMILES string of the molecule is Nc1nc2c([nH]n2C2C[C@@H](OS(=O)(=O)O)CC(COS(=O)(=O)O)O2)c(=O)[nH]1. The van der Waals surface area contributed by atoms with E-state index >= 15 is 0 Å². The molecule has 1 aliphatic rings. The number of nitrogens with one attached hydrogen (secondary N) is 2. The average Bonchev–Trinajstić information content (AvgIpc) is 2.46. The minimum atomic E-state index is -4.80. The van der Waals surface area contributed by atoms with Crippen molar-refractivity contribution in [1.82, 2.24) is 19.7 Å². The van der Waals surface area contributed by atoms with Crippen LogP contribution in [0.5, 0.6) is 0 Å². The third-order valence-corrected chi connectivity index (χ3v) is 4.62. The van der Waals surface area contributed by atoms with Crippen LogP contribution in [-0.4, -0.2) is 64.5 Å². The summed E-state index contributed by atoms with van der Waals surface area (Å²) in [4.78, 5) is 17.9. The highest BCUT2D eigenvalue weighted by molar-refractivity contribution is 7.81. The smallest absolute Gasteiger partial charge is 0.369 e. The van der Waals surface area contributed by atoms with Gasteiger partial charge in [0.15, 0.2) is 17.4 Å². The number of fused-ring (bicyclic) bond motifs is 1.